The van der Waals surface area contributed by atoms with Crippen molar-refractivity contribution in [3.63, 3.8) is 0 Å². The van der Waals surface area contributed by atoms with Crippen LogP contribution in [0, 0.1) is 6.92 Å². The highest BCUT2D eigenvalue weighted by atomic mass is 16.5. The van der Waals surface area contributed by atoms with Crippen LogP contribution in [0.5, 0.6) is 0 Å². The molecule has 1 aromatic heterocycles. The average Bonchev–Trinajstić information content (AvgIpc) is 2.05. The molecule has 0 fully saturated rings. The fraction of sp³-hybridized carbons (Fsp3) is 0.500. The second-order valence-corrected chi connectivity index (χ2v) is 3.06. The van der Waals surface area contributed by atoms with Crippen molar-refractivity contribution in [2.24, 2.45) is 0 Å². The molecule has 1 atom stereocenters. The smallest absolute Gasteiger partial charge is 0.0543 e. The zero-order valence-electron chi connectivity index (χ0n) is 7.87. The standard InChI is InChI=1S/C10H15NO/c1-8(7-12-3)10-6-4-5-9(2)11-10/h4-6,8H,7H2,1-3H3. The second kappa shape index (κ2) is 4.21. The van der Waals surface area contributed by atoms with Gasteiger partial charge in [0.2, 0.25) is 0 Å². The molecule has 1 heterocycles. The van der Waals surface area contributed by atoms with Crippen LogP contribution in [0.15, 0.2) is 18.2 Å². The lowest BCUT2D eigenvalue weighted by Crippen LogP contribution is -2.04. The van der Waals surface area contributed by atoms with Crippen LogP contribution in [-0.2, 0) is 4.74 Å². The Labute approximate surface area is 73.6 Å². The first-order valence-electron chi connectivity index (χ1n) is 4.16. The number of hydrogen-bond acceptors (Lipinski definition) is 2. The minimum atomic E-state index is 0.384. The molecular formula is C10H15NO. The fourth-order valence-electron chi connectivity index (χ4n) is 1.17. The number of pyridine rings is 1. The van der Waals surface area contributed by atoms with Gasteiger partial charge in [0.1, 0.15) is 0 Å². The average molecular weight is 165 g/mol. The van der Waals surface area contributed by atoms with Gasteiger partial charge >= 0.3 is 0 Å². The highest BCUT2D eigenvalue weighted by molar-refractivity contribution is 5.13. The zero-order chi connectivity index (χ0) is 8.97. The third-order valence-electron chi connectivity index (χ3n) is 1.83. The summed E-state index contributed by atoms with van der Waals surface area (Å²) >= 11 is 0. The summed E-state index contributed by atoms with van der Waals surface area (Å²) in [6, 6.07) is 6.07. The third-order valence-corrected chi connectivity index (χ3v) is 1.83. The van der Waals surface area contributed by atoms with Crippen LogP contribution in [0.4, 0.5) is 0 Å². The SMILES string of the molecule is COCC(C)c1cccc(C)n1. The summed E-state index contributed by atoms with van der Waals surface area (Å²) in [5, 5.41) is 0. The molecule has 0 bridgehead atoms. The molecule has 1 aromatic rings. The highest BCUT2D eigenvalue weighted by Gasteiger charge is 2.05. The van der Waals surface area contributed by atoms with Gasteiger partial charge in [-0.15, -0.1) is 0 Å². The fourth-order valence-corrected chi connectivity index (χ4v) is 1.17. The van der Waals surface area contributed by atoms with E-state index in [0.29, 0.717) is 5.92 Å². The lowest BCUT2D eigenvalue weighted by molar-refractivity contribution is 0.183. The Bertz CT molecular complexity index is 247. The minimum Gasteiger partial charge on any atom is -0.384 e. The van der Waals surface area contributed by atoms with E-state index in [1.807, 2.05) is 25.1 Å². The van der Waals surface area contributed by atoms with Gasteiger partial charge in [-0.25, -0.2) is 0 Å². The molecule has 0 N–H and O–H groups in total. The van der Waals surface area contributed by atoms with Crippen LogP contribution in [0.2, 0.25) is 0 Å². The Morgan fingerprint density at radius 3 is 2.83 bits per heavy atom. The van der Waals surface area contributed by atoms with Crippen LogP contribution in [-0.4, -0.2) is 18.7 Å². The van der Waals surface area contributed by atoms with Crippen molar-refractivity contribution in [1.29, 1.82) is 0 Å². The molecule has 0 amide bonds. The van der Waals surface area contributed by atoms with Crippen LogP contribution >= 0.6 is 0 Å². The summed E-state index contributed by atoms with van der Waals surface area (Å²) < 4.78 is 5.06. The molecule has 0 aliphatic carbocycles. The summed E-state index contributed by atoms with van der Waals surface area (Å²) in [6.45, 7) is 4.85. The van der Waals surface area contributed by atoms with Crippen LogP contribution in [0.25, 0.3) is 0 Å². The number of ether oxygens (including phenoxy) is 1. The molecule has 1 rings (SSSR count). The van der Waals surface area contributed by atoms with Crippen molar-refractivity contribution in [1.82, 2.24) is 4.98 Å². The van der Waals surface area contributed by atoms with Gasteiger partial charge in [0.05, 0.1) is 6.61 Å². The van der Waals surface area contributed by atoms with Crippen LogP contribution in [0.1, 0.15) is 24.2 Å². The predicted molar refractivity (Wildman–Crippen MR) is 49.3 cm³/mol. The highest BCUT2D eigenvalue weighted by Crippen LogP contribution is 2.12. The van der Waals surface area contributed by atoms with Crippen molar-refractivity contribution in [3.8, 4) is 0 Å². The molecule has 12 heavy (non-hydrogen) atoms. The van der Waals surface area contributed by atoms with Gasteiger partial charge < -0.3 is 4.74 Å². The number of nitrogens with zero attached hydrogens (tertiary/aromatic N) is 1. The first-order valence-corrected chi connectivity index (χ1v) is 4.16. The number of rotatable bonds is 3. The Hall–Kier alpha value is -0.890. The summed E-state index contributed by atoms with van der Waals surface area (Å²) in [6.07, 6.45) is 0. The maximum atomic E-state index is 5.06. The Balaban J connectivity index is 2.73. The molecule has 0 spiro atoms. The molecular weight excluding hydrogens is 150 g/mol. The summed E-state index contributed by atoms with van der Waals surface area (Å²) in [7, 11) is 1.71. The van der Waals surface area contributed by atoms with Crippen LogP contribution < -0.4 is 0 Å². The molecule has 0 saturated carbocycles. The molecule has 66 valence electrons. The predicted octanol–water partition coefficient (Wildman–Crippen LogP) is 2.14. The van der Waals surface area contributed by atoms with Crippen molar-refractivity contribution in [2.45, 2.75) is 19.8 Å². The van der Waals surface area contributed by atoms with E-state index >= 15 is 0 Å². The molecule has 0 aliphatic heterocycles. The van der Waals surface area contributed by atoms with Gasteiger partial charge in [-0.05, 0) is 19.1 Å². The van der Waals surface area contributed by atoms with E-state index in [1.165, 1.54) is 0 Å². The van der Waals surface area contributed by atoms with Gasteiger partial charge in [-0.2, -0.15) is 0 Å². The lowest BCUT2D eigenvalue weighted by atomic mass is 10.1. The van der Waals surface area contributed by atoms with E-state index in [4.69, 9.17) is 4.74 Å². The van der Waals surface area contributed by atoms with E-state index in [0.717, 1.165) is 18.0 Å². The minimum absolute atomic E-state index is 0.384. The maximum Gasteiger partial charge on any atom is 0.0543 e. The van der Waals surface area contributed by atoms with Crippen molar-refractivity contribution in [3.05, 3.63) is 29.6 Å². The first kappa shape index (κ1) is 9.20. The van der Waals surface area contributed by atoms with Gasteiger partial charge in [0.25, 0.3) is 0 Å². The van der Waals surface area contributed by atoms with E-state index in [9.17, 15) is 0 Å². The molecule has 0 aromatic carbocycles. The van der Waals surface area contributed by atoms with Crippen molar-refractivity contribution in [2.75, 3.05) is 13.7 Å². The largest absolute Gasteiger partial charge is 0.384 e. The van der Waals surface area contributed by atoms with E-state index in [1.54, 1.807) is 7.11 Å². The Morgan fingerprint density at radius 1 is 1.50 bits per heavy atom. The maximum absolute atomic E-state index is 5.06. The number of methoxy groups -OCH3 is 1. The quantitative estimate of drug-likeness (QED) is 0.684. The Morgan fingerprint density at radius 2 is 2.25 bits per heavy atom. The normalized spacial score (nSPS) is 12.9. The third kappa shape index (κ3) is 2.31. The number of aromatic nitrogens is 1. The number of aryl methyl sites for hydroxylation is 1. The van der Waals surface area contributed by atoms with Crippen molar-refractivity contribution < 1.29 is 4.74 Å². The topological polar surface area (TPSA) is 22.1 Å². The molecule has 2 nitrogen and oxygen atoms in total. The van der Waals surface area contributed by atoms with Gasteiger partial charge in [0, 0.05) is 24.4 Å². The van der Waals surface area contributed by atoms with E-state index in [2.05, 4.69) is 11.9 Å². The van der Waals surface area contributed by atoms with Gasteiger partial charge in [-0.3, -0.25) is 4.98 Å². The van der Waals surface area contributed by atoms with E-state index < -0.39 is 0 Å². The summed E-state index contributed by atoms with van der Waals surface area (Å²) in [4.78, 5) is 4.41. The number of hydrogen-bond donors (Lipinski definition) is 0. The Kier molecular flexibility index (Phi) is 3.23. The second-order valence-electron chi connectivity index (χ2n) is 3.06. The molecule has 1 unspecified atom stereocenters. The summed E-state index contributed by atoms with van der Waals surface area (Å²) in [5.41, 5.74) is 2.17. The summed E-state index contributed by atoms with van der Waals surface area (Å²) in [5.74, 6) is 0.384. The monoisotopic (exact) mass is 165 g/mol. The molecule has 0 radical (unpaired) electrons. The van der Waals surface area contributed by atoms with Gasteiger partial charge in [-0.1, -0.05) is 13.0 Å². The zero-order valence-corrected chi connectivity index (χ0v) is 7.87. The van der Waals surface area contributed by atoms with Crippen molar-refractivity contribution >= 4 is 0 Å². The molecule has 2 heteroatoms. The van der Waals surface area contributed by atoms with E-state index in [-0.39, 0.29) is 0 Å². The molecule has 0 aliphatic rings. The lowest BCUT2D eigenvalue weighted by Gasteiger charge is -2.09. The van der Waals surface area contributed by atoms with Crippen LogP contribution in [0.3, 0.4) is 0 Å². The first-order chi connectivity index (χ1) is 5.74. The molecule has 0 saturated heterocycles. The van der Waals surface area contributed by atoms with Gasteiger partial charge in [0.15, 0.2) is 0 Å².